The molecule has 0 radical (unpaired) electrons. The van der Waals surface area contributed by atoms with Crippen LogP contribution in [0, 0.1) is 0 Å². The molecule has 16 heavy (non-hydrogen) atoms. The van der Waals surface area contributed by atoms with E-state index in [1.54, 1.807) is 0 Å². The highest BCUT2D eigenvalue weighted by Gasteiger charge is 2.30. The van der Waals surface area contributed by atoms with Gasteiger partial charge in [-0.1, -0.05) is 6.42 Å². The summed E-state index contributed by atoms with van der Waals surface area (Å²) in [5.41, 5.74) is 0. The van der Waals surface area contributed by atoms with E-state index in [-0.39, 0.29) is 6.04 Å². The molecular weight excluding hydrogens is 242 g/mol. The van der Waals surface area contributed by atoms with Gasteiger partial charge in [0, 0.05) is 17.3 Å². The number of hydrogen-bond acceptors (Lipinski definition) is 4. The predicted octanol–water partition coefficient (Wildman–Crippen LogP) is 1.44. The highest BCUT2D eigenvalue weighted by atomic mass is 32.2. The molecule has 5 heteroatoms. The van der Waals surface area contributed by atoms with Crippen LogP contribution >= 0.6 is 11.8 Å². The lowest BCUT2D eigenvalue weighted by molar-refractivity contribution is 0.352. The topological polar surface area (TPSA) is 46.2 Å². The van der Waals surface area contributed by atoms with Crippen molar-refractivity contribution in [3.8, 4) is 0 Å². The van der Waals surface area contributed by atoms with Crippen molar-refractivity contribution in [3.63, 3.8) is 0 Å². The summed E-state index contributed by atoms with van der Waals surface area (Å²) in [6.45, 7) is 0. The monoisotopic (exact) mass is 263 g/mol. The molecule has 1 N–H and O–H groups in total. The first kappa shape index (κ1) is 12.7. The molecular formula is C11H21NO2S2. The summed E-state index contributed by atoms with van der Waals surface area (Å²) in [4.78, 5) is 0. The van der Waals surface area contributed by atoms with Gasteiger partial charge in [0.05, 0.1) is 11.5 Å². The molecule has 0 spiro atoms. The Bertz CT molecular complexity index is 329. The Hall–Kier alpha value is 0.260. The van der Waals surface area contributed by atoms with Crippen LogP contribution in [0.5, 0.6) is 0 Å². The van der Waals surface area contributed by atoms with E-state index in [2.05, 4.69) is 11.6 Å². The maximum absolute atomic E-state index is 11.4. The maximum Gasteiger partial charge on any atom is 0.151 e. The lowest BCUT2D eigenvalue weighted by Crippen LogP contribution is -2.42. The molecule has 2 aliphatic rings. The summed E-state index contributed by atoms with van der Waals surface area (Å²) in [6.07, 6.45) is 8.01. The number of nitrogens with one attached hydrogen (secondary N) is 1. The van der Waals surface area contributed by atoms with Gasteiger partial charge >= 0.3 is 0 Å². The van der Waals surface area contributed by atoms with Gasteiger partial charge in [-0.25, -0.2) is 8.42 Å². The molecule has 0 aromatic rings. The van der Waals surface area contributed by atoms with Gasteiger partial charge in [0.25, 0.3) is 0 Å². The largest absolute Gasteiger partial charge is 0.310 e. The molecule has 1 saturated heterocycles. The molecule has 3 atom stereocenters. The van der Waals surface area contributed by atoms with Crippen LogP contribution in [-0.4, -0.2) is 43.5 Å². The van der Waals surface area contributed by atoms with Crippen molar-refractivity contribution in [2.75, 3.05) is 17.8 Å². The molecule has 0 aromatic heterocycles. The summed E-state index contributed by atoms with van der Waals surface area (Å²) in [6, 6.07) is 0.764. The van der Waals surface area contributed by atoms with Crippen LogP contribution < -0.4 is 5.32 Å². The van der Waals surface area contributed by atoms with E-state index in [1.165, 1.54) is 25.7 Å². The quantitative estimate of drug-likeness (QED) is 0.837. The molecule has 0 aromatic carbocycles. The molecule has 94 valence electrons. The number of hydrogen-bond donors (Lipinski definition) is 1. The second-order valence-corrected chi connectivity index (χ2v) is 8.35. The van der Waals surface area contributed by atoms with Gasteiger partial charge in [-0.05, 0) is 31.9 Å². The summed E-state index contributed by atoms with van der Waals surface area (Å²) in [5.74, 6) is 0.733. The van der Waals surface area contributed by atoms with Crippen LogP contribution in [0.3, 0.4) is 0 Å². The average molecular weight is 263 g/mol. The highest BCUT2D eigenvalue weighted by molar-refractivity contribution is 7.99. The normalized spacial score (nSPS) is 38.7. The maximum atomic E-state index is 11.4. The third kappa shape index (κ3) is 3.37. The van der Waals surface area contributed by atoms with Crippen molar-refractivity contribution in [1.82, 2.24) is 5.32 Å². The minimum absolute atomic E-state index is 0.218. The average Bonchev–Trinajstić information content (AvgIpc) is 2.58. The van der Waals surface area contributed by atoms with Gasteiger partial charge in [-0.15, -0.1) is 0 Å². The summed E-state index contributed by atoms with van der Waals surface area (Å²) >= 11 is 1.95. The molecule has 0 amide bonds. The second kappa shape index (κ2) is 5.27. The van der Waals surface area contributed by atoms with E-state index in [4.69, 9.17) is 0 Å². The fourth-order valence-corrected chi connectivity index (χ4v) is 5.28. The Kier molecular flexibility index (Phi) is 4.19. The smallest absolute Gasteiger partial charge is 0.151 e. The Morgan fingerprint density at radius 2 is 2.00 bits per heavy atom. The zero-order valence-electron chi connectivity index (χ0n) is 9.81. The summed E-state index contributed by atoms with van der Waals surface area (Å²) < 4.78 is 22.7. The summed E-state index contributed by atoms with van der Waals surface area (Å²) in [5, 5.41) is 4.31. The molecule has 3 unspecified atom stereocenters. The number of thioether (sulfide) groups is 1. The van der Waals surface area contributed by atoms with E-state index in [1.807, 2.05) is 11.8 Å². The van der Waals surface area contributed by atoms with Crippen molar-refractivity contribution in [3.05, 3.63) is 0 Å². The molecule has 1 heterocycles. The molecule has 2 rings (SSSR count). The van der Waals surface area contributed by atoms with Crippen LogP contribution in [0.1, 0.15) is 32.1 Å². The fourth-order valence-electron chi connectivity index (χ4n) is 2.77. The van der Waals surface area contributed by atoms with Gasteiger partial charge in [0.15, 0.2) is 9.84 Å². The van der Waals surface area contributed by atoms with Crippen molar-refractivity contribution < 1.29 is 8.42 Å². The second-order valence-electron chi connectivity index (χ2n) is 4.99. The zero-order valence-corrected chi connectivity index (χ0v) is 11.4. The predicted molar refractivity (Wildman–Crippen MR) is 69.8 cm³/mol. The number of rotatable bonds is 3. The van der Waals surface area contributed by atoms with E-state index in [9.17, 15) is 8.42 Å². The van der Waals surface area contributed by atoms with Gasteiger partial charge in [0.2, 0.25) is 0 Å². The van der Waals surface area contributed by atoms with E-state index >= 15 is 0 Å². The van der Waals surface area contributed by atoms with Gasteiger partial charge in [0.1, 0.15) is 0 Å². The minimum atomic E-state index is -2.73. The Balaban J connectivity index is 1.81. The molecule has 1 aliphatic heterocycles. The lowest BCUT2D eigenvalue weighted by atomic mass is 9.94. The standard InChI is InChI=1S/C11H21NO2S2/c1-15-11-4-2-3-9(7-11)12-10-5-6-16(13,14)8-10/h9-12H,2-8H2,1H3. The Labute approximate surface area is 103 Å². The zero-order chi connectivity index (χ0) is 11.6. The first-order valence-electron chi connectivity index (χ1n) is 6.08. The van der Waals surface area contributed by atoms with Crippen molar-refractivity contribution in [1.29, 1.82) is 0 Å². The van der Waals surface area contributed by atoms with Crippen LogP contribution in [0.4, 0.5) is 0 Å². The van der Waals surface area contributed by atoms with Crippen molar-refractivity contribution in [2.24, 2.45) is 0 Å². The van der Waals surface area contributed by atoms with Gasteiger partial charge in [-0.2, -0.15) is 11.8 Å². The van der Waals surface area contributed by atoms with Crippen LogP contribution in [0.25, 0.3) is 0 Å². The fraction of sp³-hybridized carbons (Fsp3) is 1.00. The molecule has 3 nitrogen and oxygen atoms in total. The molecule has 1 saturated carbocycles. The van der Waals surface area contributed by atoms with E-state index in [0.717, 1.165) is 11.7 Å². The first-order valence-corrected chi connectivity index (χ1v) is 9.19. The molecule has 2 fully saturated rings. The van der Waals surface area contributed by atoms with Crippen LogP contribution in [0.15, 0.2) is 0 Å². The Morgan fingerprint density at radius 1 is 1.19 bits per heavy atom. The van der Waals surface area contributed by atoms with Gasteiger partial charge in [-0.3, -0.25) is 0 Å². The lowest BCUT2D eigenvalue weighted by Gasteiger charge is -2.30. The third-order valence-electron chi connectivity index (χ3n) is 3.66. The Morgan fingerprint density at radius 3 is 2.62 bits per heavy atom. The first-order chi connectivity index (χ1) is 7.59. The SMILES string of the molecule is CSC1CCCC(NC2CCS(=O)(=O)C2)C1. The van der Waals surface area contributed by atoms with E-state index in [0.29, 0.717) is 17.5 Å². The minimum Gasteiger partial charge on any atom is -0.310 e. The van der Waals surface area contributed by atoms with Crippen molar-refractivity contribution >= 4 is 21.6 Å². The van der Waals surface area contributed by atoms with Crippen molar-refractivity contribution in [2.45, 2.75) is 49.4 Å². The molecule has 0 bridgehead atoms. The van der Waals surface area contributed by atoms with Gasteiger partial charge < -0.3 is 5.32 Å². The highest BCUT2D eigenvalue weighted by Crippen LogP contribution is 2.27. The van der Waals surface area contributed by atoms with Crippen LogP contribution in [0.2, 0.25) is 0 Å². The summed E-state index contributed by atoms with van der Waals surface area (Å²) in [7, 11) is -2.73. The van der Waals surface area contributed by atoms with Crippen LogP contribution in [-0.2, 0) is 9.84 Å². The van der Waals surface area contributed by atoms with E-state index < -0.39 is 9.84 Å². The third-order valence-corrected chi connectivity index (χ3v) is 6.53. The number of sulfone groups is 1. The molecule has 1 aliphatic carbocycles.